The summed E-state index contributed by atoms with van der Waals surface area (Å²) in [5.41, 5.74) is 3.55. The van der Waals surface area contributed by atoms with Crippen LogP contribution in [0.2, 0.25) is 0 Å². The van der Waals surface area contributed by atoms with Gasteiger partial charge in [-0.15, -0.1) is 0 Å². The number of aromatic nitrogens is 2. The van der Waals surface area contributed by atoms with Gasteiger partial charge in [0.1, 0.15) is 5.82 Å². The Hall–Kier alpha value is -0.870. The molecule has 4 nitrogen and oxygen atoms in total. The smallest absolute Gasteiger partial charge is 0.124 e. The molecule has 2 atom stereocenters. The molecule has 2 heterocycles. The van der Waals surface area contributed by atoms with Crippen molar-refractivity contribution in [1.29, 1.82) is 0 Å². The van der Waals surface area contributed by atoms with Crippen LogP contribution in [0.15, 0.2) is 12.4 Å². The number of hydrazine groups is 1. The lowest BCUT2D eigenvalue weighted by Crippen LogP contribution is -2.51. The number of hydrogen-bond donors (Lipinski definition) is 1. The zero-order valence-electron chi connectivity index (χ0n) is 11.2. The van der Waals surface area contributed by atoms with E-state index in [0.717, 1.165) is 18.9 Å². The highest BCUT2D eigenvalue weighted by molar-refractivity contribution is 4.91. The molecule has 0 radical (unpaired) electrons. The van der Waals surface area contributed by atoms with Crippen molar-refractivity contribution in [2.24, 2.45) is 0 Å². The van der Waals surface area contributed by atoms with Crippen LogP contribution in [0.4, 0.5) is 0 Å². The molecule has 0 bridgehead atoms. The van der Waals surface area contributed by atoms with Crippen molar-refractivity contribution in [1.82, 2.24) is 20.0 Å². The van der Waals surface area contributed by atoms with E-state index in [-0.39, 0.29) is 0 Å². The van der Waals surface area contributed by atoms with Gasteiger partial charge >= 0.3 is 0 Å². The van der Waals surface area contributed by atoms with E-state index in [1.165, 1.54) is 19.3 Å². The van der Waals surface area contributed by atoms with Gasteiger partial charge in [0.2, 0.25) is 0 Å². The number of rotatable bonds is 4. The quantitative estimate of drug-likeness (QED) is 0.869. The van der Waals surface area contributed by atoms with Gasteiger partial charge in [-0.25, -0.2) is 15.4 Å². The second-order valence-corrected chi connectivity index (χ2v) is 5.00. The van der Waals surface area contributed by atoms with Crippen LogP contribution in [0.5, 0.6) is 0 Å². The lowest BCUT2D eigenvalue weighted by Gasteiger charge is -2.39. The average Bonchev–Trinajstić information content (AvgIpc) is 2.76. The Morgan fingerprint density at radius 3 is 2.71 bits per heavy atom. The van der Waals surface area contributed by atoms with Gasteiger partial charge in [0.25, 0.3) is 0 Å². The second-order valence-electron chi connectivity index (χ2n) is 5.00. The zero-order chi connectivity index (χ0) is 12.3. The topological polar surface area (TPSA) is 33.1 Å². The number of piperidine rings is 1. The summed E-state index contributed by atoms with van der Waals surface area (Å²) in [6.07, 6.45) is 7.85. The van der Waals surface area contributed by atoms with E-state index in [0.29, 0.717) is 12.1 Å². The molecule has 1 N–H and O–H groups in total. The summed E-state index contributed by atoms with van der Waals surface area (Å²) in [4.78, 5) is 4.40. The number of imidazole rings is 1. The van der Waals surface area contributed by atoms with E-state index >= 15 is 0 Å². The normalized spacial score (nSPS) is 26.3. The van der Waals surface area contributed by atoms with Gasteiger partial charge in [-0.05, 0) is 33.6 Å². The third-order valence-electron chi connectivity index (χ3n) is 3.76. The van der Waals surface area contributed by atoms with E-state index < -0.39 is 0 Å². The van der Waals surface area contributed by atoms with Crippen molar-refractivity contribution in [2.75, 3.05) is 0 Å². The van der Waals surface area contributed by atoms with Crippen LogP contribution in [0.3, 0.4) is 0 Å². The predicted molar refractivity (Wildman–Crippen MR) is 69.4 cm³/mol. The van der Waals surface area contributed by atoms with Crippen molar-refractivity contribution in [3.63, 3.8) is 0 Å². The van der Waals surface area contributed by atoms with Gasteiger partial charge in [-0.1, -0.05) is 6.42 Å². The second kappa shape index (κ2) is 5.65. The van der Waals surface area contributed by atoms with Crippen LogP contribution >= 0.6 is 0 Å². The zero-order valence-corrected chi connectivity index (χ0v) is 11.2. The van der Waals surface area contributed by atoms with Gasteiger partial charge in [-0.3, -0.25) is 0 Å². The van der Waals surface area contributed by atoms with E-state index in [4.69, 9.17) is 0 Å². The molecule has 96 valence electrons. The molecule has 0 aromatic carbocycles. The van der Waals surface area contributed by atoms with E-state index in [1.807, 2.05) is 12.4 Å². The first-order valence-electron chi connectivity index (χ1n) is 6.74. The third kappa shape index (κ3) is 2.87. The Bertz CT molecular complexity index is 337. The van der Waals surface area contributed by atoms with Crippen molar-refractivity contribution in [3.05, 3.63) is 18.2 Å². The minimum atomic E-state index is 0.629. The molecule has 4 heteroatoms. The Labute approximate surface area is 104 Å². The third-order valence-corrected chi connectivity index (χ3v) is 3.76. The summed E-state index contributed by atoms with van der Waals surface area (Å²) in [6.45, 7) is 8.57. The molecule has 0 amide bonds. The maximum absolute atomic E-state index is 4.40. The number of aryl methyl sites for hydroxylation is 1. The molecule has 0 saturated carbocycles. The Balaban J connectivity index is 1.92. The fourth-order valence-electron chi connectivity index (χ4n) is 2.69. The predicted octanol–water partition coefficient (Wildman–Crippen LogP) is 2.17. The molecule has 1 aliphatic heterocycles. The lowest BCUT2D eigenvalue weighted by molar-refractivity contribution is 0.0422. The lowest BCUT2D eigenvalue weighted by atomic mass is 10.00. The van der Waals surface area contributed by atoms with Gasteiger partial charge in [0.15, 0.2) is 0 Å². The van der Waals surface area contributed by atoms with E-state index in [2.05, 4.69) is 40.8 Å². The van der Waals surface area contributed by atoms with Crippen LogP contribution in [0, 0.1) is 0 Å². The molecule has 0 spiro atoms. The van der Waals surface area contributed by atoms with Crippen LogP contribution in [-0.4, -0.2) is 26.6 Å². The largest absolute Gasteiger partial charge is 0.334 e. The molecular weight excluding hydrogens is 212 g/mol. The van der Waals surface area contributed by atoms with Crippen LogP contribution in [-0.2, 0) is 13.1 Å². The molecule has 1 aromatic heterocycles. The Morgan fingerprint density at radius 2 is 2.06 bits per heavy atom. The van der Waals surface area contributed by atoms with Crippen molar-refractivity contribution >= 4 is 0 Å². The highest BCUT2D eigenvalue weighted by Crippen LogP contribution is 2.20. The minimum absolute atomic E-state index is 0.629. The summed E-state index contributed by atoms with van der Waals surface area (Å²) in [7, 11) is 0. The minimum Gasteiger partial charge on any atom is -0.334 e. The molecule has 1 saturated heterocycles. The summed E-state index contributed by atoms with van der Waals surface area (Å²) in [6, 6.07) is 1.26. The first kappa shape index (κ1) is 12.6. The van der Waals surface area contributed by atoms with Crippen molar-refractivity contribution in [3.8, 4) is 0 Å². The maximum atomic E-state index is 4.40. The molecule has 1 aliphatic rings. The molecule has 2 unspecified atom stereocenters. The molecule has 17 heavy (non-hydrogen) atoms. The van der Waals surface area contributed by atoms with Crippen molar-refractivity contribution in [2.45, 2.75) is 65.2 Å². The maximum Gasteiger partial charge on any atom is 0.124 e. The van der Waals surface area contributed by atoms with Gasteiger partial charge in [0.05, 0.1) is 6.54 Å². The standard InChI is InChI=1S/C13H24N4/c1-4-16-9-8-14-13(16)10-15-17-11(2)6-5-7-12(17)3/h8-9,11-12,15H,4-7,10H2,1-3H3. The highest BCUT2D eigenvalue weighted by atomic mass is 15.5. The monoisotopic (exact) mass is 236 g/mol. The van der Waals surface area contributed by atoms with Gasteiger partial charge in [-0.2, -0.15) is 0 Å². The Kier molecular flexibility index (Phi) is 4.18. The molecule has 1 fully saturated rings. The van der Waals surface area contributed by atoms with Gasteiger partial charge in [0, 0.05) is 31.0 Å². The highest BCUT2D eigenvalue weighted by Gasteiger charge is 2.24. The van der Waals surface area contributed by atoms with Gasteiger partial charge < -0.3 is 4.57 Å². The number of nitrogens with zero attached hydrogens (tertiary/aromatic N) is 3. The van der Waals surface area contributed by atoms with Crippen LogP contribution in [0.1, 0.15) is 45.9 Å². The molecule has 0 aliphatic carbocycles. The average molecular weight is 236 g/mol. The van der Waals surface area contributed by atoms with E-state index in [1.54, 1.807) is 0 Å². The molecular formula is C13H24N4. The summed E-state index contributed by atoms with van der Waals surface area (Å²) in [5, 5.41) is 2.40. The van der Waals surface area contributed by atoms with Crippen molar-refractivity contribution < 1.29 is 0 Å². The van der Waals surface area contributed by atoms with E-state index in [9.17, 15) is 0 Å². The number of nitrogens with one attached hydrogen (secondary N) is 1. The summed E-state index contributed by atoms with van der Waals surface area (Å²) in [5.74, 6) is 1.12. The number of hydrogen-bond acceptors (Lipinski definition) is 3. The van der Waals surface area contributed by atoms with Crippen LogP contribution < -0.4 is 5.43 Å². The first-order chi connectivity index (χ1) is 8.22. The summed E-state index contributed by atoms with van der Waals surface area (Å²) >= 11 is 0. The Morgan fingerprint density at radius 1 is 1.35 bits per heavy atom. The molecule has 2 rings (SSSR count). The summed E-state index contributed by atoms with van der Waals surface area (Å²) < 4.78 is 2.19. The first-order valence-corrected chi connectivity index (χ1v) is 6.74. The fourth-order valence-corrected chi connectivity index (χ4v) is 2.69. The fraction of sp³-hybridized carbons (Fsp3) is 0.769. The molecule has 1 aromatic rings. The SMILES string of the molecule is CCn1ccnc1CNN1C(C)CCCC1C. The van der Waals surface area contributed by atoms with Crippen LogP contribution in [0.25, 0.3) is 0 Å².